The van der Waals surface area contributed by atoms with Gasteiger partial charge in [-0.15, -0.1) is 0 Å². The van der Waals surface area contributed by atoms with Gasteiger partial charge < -0.3 is 19.3 Å². The topological polar surface area (TPSA) is 58.9 Å². The largest absolute Gasteiger partial charge is 0.347 e. The van der Waals surface area contributed by atoms with Gasteiger partial charge in [-0.2, -0.15) is 0 Å². The fourth-order valence-corrected chi connectivity index (χ4v) is 5.40. The van der Waals surface area contributed by atoms with Crippen LogP contribution in [0.3, 0.4) is 0 Å². The molecule has 0 saturated carbocycles. The summed E-state index contributed by atoms with van der Waals surface area (Å²) in [5, 5.41) is -1.15. The summed E-state index contributed by atoms with van der Waals surface area (Å²) >= 11 is 0. The van der Waals surface area contributed by atoms with Crippen molar-refractivity contribution in [2.24, 2.45) is 0 Å². The molecule has 0 amide bonds. The quantitative estimate of drug-likeness (QED) is 0.307. The van der Waals surface area contributed by atoms with Crippen LogP contribution in [0.5, 0.6) is 0 Å². The Hall–Kier alpha value is 0.487. The predicted molar refractivity (Wildman–Crippen MR) is 69.9 cm³/mol. The summed E-state index contributed by atoms with van der Waals surface area (Å²) in [7, 11) is -4.23. The Morgan fingerprint density at radius 2 is 1.69 bits per heavy atom. The van der Waals surface area contributed by atoms with Crippen LogP contribution < -0.4 is 0 Å². The molecule has 6 heteroatoms. The Morgan fingerprint density at radius 1 is 1.12 bits per heavy atom. The lowest BCUT2D eigenvalue weighted by Crippen LogP contribution is -2.55. The zero-order valence-corrected chi connectivity index (χ0v) is 12.9. The van der Waals surface area contributed by atoms with E-state index in [9.17, 15) is 9.79 Å². The van der Waals surface area contributed by atoms with E-state index in [1.54, 1.807) is 0 Å². The Bertz CT molecular complexity index is 196. The normalized spacial score (nSPS) is 16.5. The van der Waals surface area contributed by atoms with Gasteiger partial charge in [-0.05, 0) is 13.3 Å². The van der Waals surface area contributed by atoms with Crippen LogP contribution in [0.4, 0.5) is 0 Å². The van der Waals surface area contributed by atoms with Crippen molar-refractivity contribution in [1.82, 2.24) is 0 Å². The molecule has 16 heavy (non-hydrogen) atoms. The molecular weight excluding hydrogens is 243 g/mol. The zero-order chi connectivity index (χ0) is 12.8. The predicted octanol–water partition coefficient (Wildman–Crippen LogP) is 2.67. The molecule has 4 nitrogen and oxygen atoms in total. The molecule has 0 fully saturated rings. The van der Waals surface area contributed by atoms with Crippen LogP contribution in [0.25, 0.3) is 0 Å². The first-order chi connectivity index (χ1) is 7.31. The molecule has 0 saturated heterocycles. The van der Waals surface area contributed by atoms with Crippen molar-refractivity contribution < 1.29 is 19.3 Å². The van der Waals surface area contributed by atoms with Crippen molar-refractivity contribution in [3.63, 3.8) is 0 Å². The first-order valence-corrected chi connectivity index (χ1v) is 10.5. The van der Waals surface area contributed by atoms with Gasteiger partial charge in [0.2, 0.25) is 13.5 Å². The van der Waals surface area contributed by atoms with Crippen molar-refractivity contribution >= 4 is 16.4 Å². The molecule has 0 aliphatic rings. The molecule has 0 aromatic heterocycles. The third-order valence-corrected chi connectivity index (χ3v) is 7.93. The van der Waals surface area contributed by atoms with E-state index >= 15 is 0 Å². The first kappa shape index (κ1) is 16.5. The van der Waals surface area contributed by atoms with Crippen LogP contribution in [0.2, 0.25) is 19.6 Å². The van der Waals surface area contributed by atoms with Gasteiger partial charge in [-0.1, -0.05) is 33.0 Å². The lowest BCUT2D eigenvalue weighted by Gasteiger charge is -2.42. The highest BCUT2D eigenvalue weighted by Crippen LogP contribution is 2.50. The maximum absolute atomic E-state index is 9.63. The standard InChI is InChI=1S/C10H25O4PSi/c1-6-8-9-14-10(13-7-2,15(11)12)16(3,4)5/h11-12H,6-9H2,1-5H3. The number of hydrogen-bond acceptors (Lipinski definition) is 4. The minimum Gasteiger partial charge on any atom is -0.347 e. The van der Waals surface area contributed by atoms with Crippen molar-refractivity contribution in [3.05, 3.63) is 0 Å². The highest BCUT2D eigenvalue weighted by Gasteiger charge is 2.52. The zero-order valence-electron chi connectivity index (χ0n) is 11.0. The van der Waals surface area contributed by atoms with Crippen molar-refractivity contribution in [3.8, 4) is 0 Å². The summed E-state index contributed by atoms with van der Waals surface area (Å²) in [6.45, 7) is 10.9. The smallest absolute Gasteiger partial charge is 0.224 e. The first-order valence-electron chi connectivity index (χ1n) is 5.77. The second-order valence-corrected chi connectivity index (χ2v) is 11.5. The van der Waals surface area contributed by atoms with Gasteiger partial charge in [0.1, 0.15) is 8.07 Å². The van der Waals surface area contributed by atoms with Gasteiger partial charge in [0, 0.05) is 6.61 Å². The van der Waals surface area contributed by atoms with Crippen LogP contribution in [-0.2, 0) is 9.47 Å². The van der Waals surface area contributed by atoms with Gasteiger partial charge in [0.15, 0.2) is 0 Å². The highest BCUT2D eigenvalue weighted by molar-refractivity contribution is 7.50. The molecule has 0 rings (SSSR count). The summed E-state index contributed by atoms with van der Waals surface area (Å²) < 4.78 is 11.3. The van der Waals surface area contributed by atoms with E-state index < -0.39 is 21.6 Å². The minimum atomic E-state index is -2.24. The third-order valence-electron chi connectivity index (χ3n) is 2.35. The molecule has 0 aliphatic carbocycles. The number of hydrogen-bond donors (Lipinski definition) is 2. The minimum absolute atomic E-state index is 0.427. The van der Waals surface area contributed by atoms with Gasteiger partial charge >= 0.3 is 0 Å². The van der Waals surface area contributed by atoms with Gasteiger partial charge in [0.05, 0.1) is 6.61 Å². The number of ether oxygens (including phenoxy) is 2. The Balaban J connectivity index is 4.81. The maximum Gasteiger partial charge on any atom is 0.224 e. The molecule has 0 heterocycles. The molecule has 0 aromatic rings. The van der Waals surface area contributed by atoms with Gasteiger partial charge in [-0.25, -0.2) is 0 Å². The molecule has 1 unspecified atom stereocenters. The van der Waals surface area contributed by atoms with E-state index in [1.165, 1.54) is 0 Å². The van der Waals surface area contributed by atoms with E-state index in [2.05, 4.69) is 6.92 Å². The average molecular weight is 268 g/mol. The Kier molecular flexibility index (Phi) is 7.25. The van der Waals surface area contributed by atoms with E-state index in [1.807, 2.05) is 26.6 Å². The average Bonchev–Trinajstić information content (AvgIpc) is 2.14. The molecule has 0 aromatic carbocycles. The van der Waals surface area contributed by atoms with Crippen LogP contribution >= 0.6 is 8.38 Å². The fraction of sp³-hybridized carbons (Fsp3) is 1.00. The molecule has 2 N–H and O–H groups in total. The van der Waals surface area contributed by atoms with E-state index in [4.69, 9.17) is 9.47 Å². The fourth-order valence-electron chi connectivity index (χ4n) is 1.44. The summed E-state index contributed by atoms with van der Waals surface area (Å²) in [6, 6.07) is 0. The van der Waals surface area contributed by atoms with Crippen molar-refractivity contribution in [1.29, 1.82) is 0 Å². The summed E-state index contributed by atoms with van der Waals surface area (Å²) in [5.74, 6) is 0. The molecule has 1 atom stereocenters. The molecule has 98 valence electrons. The van der Waals surface area contributed by atoms with Gasteiger partial charge in [-0.3, -0.25) is 0 Å². The van der Waals surface area contributed by atoms with Crippen LogP contribution in [0, 0.1) is 0 Å². The lowest BCUT2D eigenvalue weighted by molar-refractivity contribution is -0.133. The molecule has 0 spiro atoms. The lowest BCUT2D eigenvalue weighted by atomic mass is 10.4. The number of unbranched alkanes of at least 4 members (excludes halogenated alkanes) is 1. The number of rotatable bonds is 8. The monoisotopic (exact) mass is 268 g/mol. The second kappa shape index (κ2) is 7.04. The van der Waals surface area contributed by atoms with Crippen LogP contribution in [-0.4, -0.2) is 36.2 Å². The SMILES string of the molecule is CCCCOC(OCC)(P(O)O)[Si](C)(C)C. The highest BCUT2D eigenvalue weighted by atomic mass is 31.2. The Labute approximate surface area is 101 Å². The van der Waals surface area contributed by atoms with Crippen LogP contribution in [0.15, 0.2) is 0 Å². The molecule has 0 bridgehead atoms. The third kappa shape index (κ3) is 4.06. The molecular formula is C10H25O4PSi. The van der Waals surface area contributed by atoms with E-state index in [-0.39, 0.29) is 0 Å². The van der Waals surface area contributed by atoms with Gasteiger partial charge in [0.25, 0.3) is 0 Å². The van der Waals surface area contributed by atoms with Crippen molar-refractivity contribution in [2.45, 2.75) is 51.5 Å². The molecule has 0 radical (unpaired) electrons. The second-order valence-electron chi connectivity index (χ2n) is 4.76. The molecule has 0 aliphatic heterocycles. The van der Waals surface area contributed by atoms with Crippen molar-refractivity contribution in [2.75, 3.05) is 13.2 Å². The van der Waals surface area contributed by atoms with E-state index in [0.29, 0.717) is 13.2 Å². The van der Waals surface area contributed by atoms with Crippen LogP contribution in [0.1, 0.15) is 26.7 Å². The Morgan fingerprint density at radius 3 is 2.00 bits per heavy atom. The summed E-state index contributed by atoms with van der Waals surface area (Å²) in [4.78, 5) is 19.3. The summed E-state index contributed by atoms with van der Waals surface area (Å²) in [5.41, 5.74) is 0. The van der Waals surface area contributed by atoms with E-state index in [0.717, 1.165) is 12.8 Å². The maximum atomic E-state index is 9.63. The summed E-state index contributed by atoms with van der Waals surface area (Å²) in [6.07, 6.45) is 1.92.